The molecule has 0 bridgehead atoms. The molecular formula is C23H30N2O2. The molecule has 2 aromatic rings. The van der Waals surface area contributed by atoms with Crippen LogP contribution in [0.5, 0.6) is 0 Å². The summed E-state index contributed by atoms with van der Waals surface area (Å²) in [5, 5.41) is 1.47. The highest BCUT2D eigenvalue weighted by molar-refractivity contribution is 5.99. The maximum atomic E-state index is 13.2. The maximum absolute atomic E-state index is 13.2. The number of amides is 2. The molecule has 0 spiro atoms. The zero-order valence-electron chi connectivity index (χ0n) is 17.2. The summed E-state index contributed by atoms with van der Waals surface area (Å²) in [5.74, 6) is -0.482. The van der Waals surface area contributed by atoms with Crippen molar-refractivity contribution in [1.82, 2.24) is 10.4 Å². The van der Waals surface area contributed by atoms with Crippen molar-refractivity contribution in [1.29, 1.82) is 0 Å². The molecule has 0 aliphatic heterocycles. The topological polar surface area (TPSA) is 49.4 Å². The van der Waals surface area contributed by atoms with E-state index in [9.17, 15) is 9.59 Å². The Hall–Kier alpha value is -2.62. The van der Waals surface area contributed by atoms with Crippen molar-refractivity contribution in [3.05, 3.63) is 70.3 Å². The molecule has 0 aliphatic rings. The molecule has 2 amide bonds. The lowest BCUT2D eigenvalue weighted by atomic mass is 9.99. The smallest absolute Gasteiger partial charge is 0.267 e. The second-order valence-electron chi connectivity index (χ2n) is 7.67. The van der Waals surface area contributed by atoms with E-state index in [-0.39, 0.29) is 11.8 Å². The second-order valence-corrected chi connectivity index (χ2v) is 7.67. The van der Waals surface area contributed by atoms with Crippen molar-refractivity contribution in [3.63, 3.8) is 0 Å². The van der Waals surface area contributed by atoms with Crippen molar-refractivity contribution < 1.29 is 9.59 Å². The number of nitrogens with zero attached hydrogens (tertiary/aromatic N) is 1. The number of rotatable bonds is 5. The average molecular weight is 367 g/mol. The van der Waals surface area contributed by atoms with E-state index >= 15 is 0 Å². The molecule has 144 valence electrons. The van der Waals surface area contributed by atoms with Crippen LogP contribution in [0.2, 0.25) is 0 Å². The fourth-order valence-corrected chi connectivity index (χ4v) is 2.92. The fraction of sp³-hybridized carbons (Fsp3) is 0.391. The summed E-state index contributed by atoms with van der Waals surface area (Å²) in [4.78, 5) is 26.0. The van der Waals surface area contributed by atoms with E-state index in [1.807, 2.05) is 65.0 Å². The zero-order valence-corrected chi connectivity index (χ0v) is 17.2. The van der Waals surface area contributed by atoms with Crippen molar-refractivity contribution in [3.8, 4) is 0 Å². The van der Waals surface area contributed by atoms with Crippen LogP contribution in [0, 0.1) is 13.8 Å². The van der Waals surface area contributed by atoms with Gasteiger partial charge in [0.25, 0.3) is 11.8 Å². The molecule has 4 heteroatoms. The Morgan fingerprint density at radius 2 is 1.48 bits per heavy atom. The standard InChI is InChI=1S/C23H30N2O2/c1-7-18-9-11-19(12-10-18)21(26)24-25(23(5,6)8-2)22(27)20-14-16(3)13-17(4)15-20/h9-15H,7-8H2,1-6H3,(H,24,26). The molecule has 0 saturated carbocycles. The van der Waals surface area contributed by atoms with Crippen LogP contribution in [0.3, 0.4) is 0 Å². The van der Waals surface area contributed by atoms with Gasteiger partial charge in [0.2, 0.25) is 0 Å². The minimum atomic E-state index is -0.520. The molecule has 2 aromatic carbocycles. The fourth-order valence-electron chi connectivity index (χ4n) is 2.92. The molecule has 0 aromatic heterocycles. The van der Waals surface area contributed by atoms with Gasteiger partial charge in [0.05, 0.1) is 5.54 Å². The molecule has 0 atom stereocenters. The van der Waals surface area contributed by atoms with Crippen LogP contribution in [0.4, 0.5) is 0 Å². The molecule has 0 unspecified atom stereocenters. The summed E-state index contributed by atoms with van der Waals surface area (Å²) in [6.07, 6.45) is 1.63. The monoisotopic (exact) mass is 366 g/mol. The Labute approximate surface area is 162 Å². The van der Waals surface area contributed by atoms with Crippen LogP contribution in [0.15, 0.2) is 42.5 Å². The second kappa shape index (κ2) is 8.38. The van der Waals surface area contributed by atoms with Gasteiger partial charge in [-0.3, -0.25) is 15.0 Å². The van der Waals surface area contributed by atoms with Gasteiger partial charge in [-0.15, -0.1) is 0 Å². The van der Waals surface area contributed by atoms with Crippen molar-refractivity contribution in [2.45, 2.75) is 59.9 Å². The number of aryl methyl sites for hydroxylation is 3. The molecule has 2 rings (SSSR count). The molecule has 0 saturated heterocycles. The number of benzene rings is 2. The Morgan fingerprint density at radius 3 is 1.96 bits per heavy atom. The summed E-state index contributed by atoms with van der Waals surface area (Å²) >= 11 is 0. The number of hydrogen-bond donors (Lipinski definition) is 1. The highest BCUT2D eigenvalue weighted by Gasteiger charge is 2.32. The van der Waals surface area contributed by atoms with Gasteiger partial charge in [-0.25, -0.2) is 5.01 Å². The number of hydrogen-bond acceptors (Lipinski definition) is 2. The first-order chi connectivity index (χ1) is 12.7. The number of carbonyl (C=O) groups is 2. The Kier molecular flexibility index (Phi) is 6.42. The lowest BCUT2D eigenvalue weighted by Gasteiger charge is -2.38. The van der Waals surface area contributed by atoms with Gasteiger partial charge < -0.3 is 0 Å². The normalized spacial score (nSPS) is 11.2. The predicted octanol–water partition coefficient (Wildman–Crippen LogP) is 4.84. The van der Waals surface area contributed by atoms with Gasteiger partial charge in [-0.2, -0.15) is 0 Å². The van der Waals surface area contributed by atoms with E-state index in [2.05, 4.69) is 12.3 Å². The van der Waals surface area contributed by atoms with Crippen LogP contribution in [0.25, 0.3) is 0 Å². The molecule has 0 fully saturated rings. The Morgan fingerprint density at radius 1 is 0.926 bits per heavy atom. The van der Waals surface area contributed by atoms with E-state index in [1.54, 1.807) is 12.1 Å². The molecule has 0 aliphatic carbocycles. The first kappa shape index (κ1) is 20.7. The zero-order chi connectivity index (χ0) is 20.2. The van der Waals surface area contributed by atoms with Crippen LogP contribution < -0.4 is 5.43 Å². The average Bonchev–Trinajstić information content (AvgIpc) is 2.64. The van der Waals surface area contributed by atoms with Crippen molar-refractivity contribution in [2.24, 2.45) is 0 Å². The van der Waals surface area contributed by atoms with E-state index in [0.29, 0.717) is 17.5 Å². The molecule has 4 nitrogen and oxygen atoms in total. The summed E-state index contributed by atoms with van der Waals surface area (Å²) < 4.78 is 0. The predicted molar refractivity (Wildman–Crippen MR) is 110 cm³/mol. The molecular weight excluding hydrogens is 336 g/mol. The lowest BCUT2D eigenvalue weighted by molar-refractivity contribution is 0.0307. The van der Waals surface area contributed by atoms with Gasteiger partial charge >= 0.3 is 0 Å². The van der Waals surface area contributed by atoms with Gasteiger partial charge in [-0.1, -0.05) is 43.2 Å². The van der Waals surface area contributed by atoms with E-state index in [4.69, 9.17) is 0 Å². The van der Waals surface area contributed by atoms with E-state index in [1.165, 1.54) is 10.6 Å². The SMILES string of the molecule is CCc1ccc(C(=O)NN(C(=O)c2cc(C)cc(C)c2)C(C)(C)CC)cc1. The highest BCUT2D eigenvalue weighted by Crippen LogP contribution is 2.21. The first-order valence-electron chi connectivity index (χ1n) is 9.50. The minimum absolute atomic E-state index is 0.202. The van der Waals surface area contributed by atoms with Crippen LogP contribution in [-0.2, 0) is 6.42 Å². The van der Waals surface area contributed by atoms with E-state index in [0.717, 1.165) is 17.5 Å². The summed E-state index contributed by atoms with van der Waals surface area (Å²) in [7, 11) is 0. The van der Waals surface area contributed by atoms with Gasteiger partial charge in [0.1, 0.15) is 0 Å². The maximum Gasteiger partial charge on any atom is 0.272 e. The summed E-state index contributed by atoms with van der Waals surface area (Å²) in [5.41, 5.74) is 6.66. The van der Waals surface area contributed by atoms with Crippen LogP contribution in [0.1, 0.15) is 71.5 Å². The molecule has 1 N–H and O–H groups in total. The third kappa shape index (κ3) is 4.97. The number of hydrazine groups is 1. The van der Waals surface area contributed by atoms with Gasteiger partial charge in [-0.05, 0) is 70.4 Å². The molecule has 27 heavy (non-hydrogen) atoms. The van der Waals surface area contributed by atoms with Gasteiger partial charge in [0, 0.05) is 11.1 Å². The van der Waals surface area contributed by atoms with E-state index < -0.39 is 5.54 Å². The molecule has 0 radical (unpaired) electrons. The minimum Gasteiger partial charge on any atom is -0.267 e. The third-order valence-electron chi connectivity index (χ3n) is 4.98. The highest BCUT2D eigenvalue weighted by atomic mass is 16.2. The largest absolute Gasteiger partial charge is 0.272 e. The quantitative estimate of drug-likeness (QED) is 0.770. The van der Waals surface area contributed by atoms with Crippen LogP contribution in [-0.4, -0.2) is 22.4 Å². The van der Waals surface area contributed by atoms with Gasteiger partial charge in [0.15, 0.2) is 0 Å². The third-order valence-corrected chi connectivity index (χ3v) is 4.98. The van der Waals surface area contributed by atoms with Crippen molar-refractivity contribution >= 4 is 11.8 Å². The molecule has 0 heterocycles. The van der Waals surface area contributed by atoms with Crippen molar-refractivity contribution in [2.75, 3.05) is 0 Å². The summed E-state index contributed by atoms with van der Waals surface area (Å²) in [6, 6.07) is 13.2. The Balaban J connectivity index is 2.33. The summed E-state index contributed by atoms with van der Waals surface area (Å²) in [6.45, 7) is 11.9. The lowest BCUT2D eigenvalue weighted by Crippen LogP contribution is -2.57. The number of nitrogens with one attached hydrogen (secondary N) is 1. The van der Waals surface area contributed by atoms with Crippen LogP contribution >= 0.6 is 0 Å². The number of carbonyl (C=O) groups excluding carboxylic acids is 2. The first-order valence-corrected chi connectivity index (χ1v) is 9.50. The Bertz CT molecular complexity index is 803.